The van der Waals surface area contributed by atoms with Gasteiger partial charge in [-0.3, -0.25) is 14.5 Å². The Labute approximate surface area is 229 Å². The van der Waals surface area contributed by atoms with Crippen LogP contribution in [0.3, 0.4) is 0 Å². The summed E-state index contributed by atoms with van der Waals surface area (Å²) < 4.78 is 19.0. The second kappa shape index (κ2) is 11.5. The number of amides is 3. The van der Waals surface area contributed by atoms with E-state index in [1.165, 1.54) is 28.4 Å². The van der Waals surface area contributed by atoms with Crippen LogP contribution in [0.25, 0.3) is 0 Å². The number of ether oxygens (including phenoxy) is 1. The number of rotatable bonds is 8. The van der Waals surface area contributed by atoms with Crippen molar-refractivity contribution < 1.29 is 23.5 Å². The average Bonchev–Trinajstić information content (AvgIpc) is 3.59. The molecule has 0 aliphatic carbocycles. The van der Waals surface area contributed by atoms with Crippen LogP contribution in [-0.4, -0.2) is 28.8 Å². The molecule has 4 aromatic rings. The number of hydrogen-bond donors (Lipinski definition) is 2. The lowest BCUT2D eigenvalue weighted by Crippen LogP contribution is -2.46. The SMILES string of the molecule is Cc1ccccc1CN1C(=O)O[C@H](c2ccc(NC(=O)c3cccs3)cc2)[C@H]1C(=O)NCc1ccc(F)cc1. The van der Waals surface area contributed by atoms with Crippen molar-refractivity contribution in [2.45, 2.75) is 32.2 Å². The second-order valence-corrected chi connectivity index (χ2v) is 10.1. The summed E-state index contributed by atoms with van der Waals surface area (Å²) in [5, 5.41) is 7.55. The number of hydrogen-bond acceptors (Lipinski definition) is 5. The number of cyclic esters (lactones) is 1. The number of thiophene rings is 1. The third-order valence-electron chi connectivity index (χ3n) is 6.58. The van der Waals surface area contributed by atoms with Crippen molar-refractivity contribution in [2.24, 2.45) is 0 Å². The first-order chi connectivity index (χ1) is 18.9. The zero-order valence-corrected chi connectivity index (χ0v) is 21.9. The molecular weight excluding hydrogens is 517 g/mol. The highest BCUT2D eigenvalue weighted by Gasteiger charge is 2.47. The largest absolute Gasteiger partial charge is 0.438 e. The third kappa shape index (κ3) is 5.99. The van der Waals surface area contributed by atoms with E-state index in [0.29, 0.717) is 16.1 Å². The molecule has 1 aliphatic heterocycles. The number of carbonyl (C=O) groups excluding carboxylic acids is 3. The Hall–Kier alpha value is -4.50. The van der Waals surface area contributed by atoms with E-state index in [4.69, 9.17) is 4.74 Å². The van der Waals surface area contributed by atoms with Crippen LogP contribution in [0.4, 0.5) is 14.9 Å². The van der Waals surface area contributed by atoms with Crippen LogP contribution in [0.1, 0.15) is 38.0 Å². The van der Waals surface area contributed by atoms with E-state index >= 15 is 0 Å². The van der Waals surface area contributed by atoms with E-state index < -0.39 is 18.2 Å². The van der Waals surface area contributed by atoms with Gasteiger partial charge in [-0.1, -0.05) is 54.6 Å². The molecule has 1 fully saturated rings. The van der Waals surface area contributed by atoms with Crippen LogP contribution in [0.5, 0.6) is 0 Å². The first-order valence-corrected chi connectivity index (χ1v) is 13.3. The van der Waals surface area contributed by atoms with Crippen molar-refractivity contribution in [3.8, 4) is 0 Å². The molecule has 0 unspecified atom stereocenters. The van der Waals surface area contributed by atoms with Gasteiger partial charge in [0.2, 0.25) is 5.91 Å². The lowest BCUT2D eigenvalue weighted by Gasteiger charge is -2.25. The highest BCUT2D eigenvalue weighted by Crippen LogP contribution is 2.35. The lowest BCUT2D eigenvalue weighted by atomic mass is 9.99. The highest BCUT2D eigenvalue weighted by atomic mass is 32.1. The number of anilines is 1. The molecule has 0 spiro atoms. The van der Waals surface area contributed by atoms with Crippen molar-refractivity contribution in [1.29, 1.82) is 0 Å². The standard InChI is InChI=1S/C30H26FN3O4S/c1-19-5-2-3-6-22(19)18-34-26(29(36)32-17-20-8-12-23(31)13-9-20)27(38-30(34)37)21-10-14-24(15-11-21)33-28(35)25-7-4-16-39-25/h2-16,26-27H,17-18H2,1H3,(H,32,36)(H,33,35)/t26-,27+/m0/s1. The van der Waals surface area contributed by atoms with Gasteiger partial charge in [-0.05, 0) is 64.9 Å². The van der Waals surface area contributed by atoms with Crippen molar-refractivity contribution in [2.75, 3.05) is 5.32 Å². The molecule has 2 heterocycles. The summed E-state index contributed by atoms with van der Waals surface area (Å²) in [5.74, 6) is -0.967. The summed E-state index contributed by atoms with van der Waals surface area (Å²) in [6, 6.07) is 23.0. The lowest BCUT2D eigenvalue weighted by molar-refractivity contribution is -0.126. The molecule has 1 aromatic heterocycles. The molecule has 0 bridgehead atoms. The van der Waals surface area contributed by atoms with Crippen LogP contribution in [0.2, 0.25) is 0 Å². The summed E-state index contributed by atoms with van der Waals surface area (Å²) in [7, 11) is 0. The zero-order valence-electron chi connectivity index (χ0n) is 21.1. The number of benzene rings is 3. The molecule has 3 aromatic carbocycles. The Balaban J connectivity index is 1.38. The molecule has 5 rings (SSSR count). The van der Waals surface area contributed by atoms with Gasteiger partial charge in [0.1, 0.15) is 5.82 Å². The van der Waals surface area contributed by atoms with Gasteiger partial charge in [-0.2, -0.15) is 0 Å². The van der Waals surface area contributed by atoms with Crippen LogP contribution in [0.15, 0.2) is 90.3 Å². The van der Waals surface area contributed by atoms with Gasteiger partial charge >= 0.3 is 6.09 Å². The van der Waals surface area contributed by atoms with Crippen molar-refractivity contribution in [1.82, 2.24) is 10.2 Å². The topological polar surface area (TPSA) is 87.7 Å². The minimum absolute atomic E-state index is 0.169. The maximum Gasteiger partial charge on any atom is 0.411 e. The molecular formula is C30H26FN3O4S. The first kappa shape index (κ1) is 26.1. The van der Waals surface area contributed by atoms with Gasteiger partial charge in [-0.15, -0.1) is 11.3 Å². The fraction of sp³-hybridized carbons (Fsp3) is 0.167. The highest BCUT2D eigenvalue weighted by molar-refractivity contribution is 7.12. The first-order valence-electron chi connectivity index (χ1n) is 12.4. The van der Waals surface area contributed by atoms with E-state index in [-0.39, 0.29) is 30.7 Å². The predicted molar refractivity (Wildman–Crippen MR) is 147 cm³/mol. The van der Waals surface area contributed by atoms with Crippen LogP contribution in [0, 0.1) is 12.7 Å². The number of halogens is 1. The number of carbonyl (C=O) groups is 3. The van der Waals surface area contributed by atoms with E-state index in [1.54, 1.807) is 48.5 Å². The molecule has 198 valence electrons. The monoisotopic (exact) mass is 543 g/mol. The summed E-state index contributed by atoms with van der Waals surface area (Å²) in [6.45, 7) is 2.31. The zero-order chi connectivity index (χ0) is 27.4. The van der Waals surface area contributed by atoms with E-state index in [2.05, 4.69) is 10.6 Å². The van der Waals surface area contributed by atoms with E-state index in [0.717, 1.165) is 16.7 Å². The van der Waals surface area contributed by atoms with Crippen molar-refractivity contribution >= 4 is 34.9 Å². The van der Waals surface area contributed by atoms with Crippen molar-refractivity contribution in [3.05, 3.63) is 123 Å². The molecule has 0 saturated carbocycles. The summed E-state index contributed by atoms with van der Waals surface area (Å²) in [5.41, 5.74) is 3.81. The second-order valence-electron chi connectivity index (χ2n) is 9.20. The van der Waals surface area contributed by atoms with Gasteiger partial charge in [0.15, 0.2) is 12.1 Å². The van der Waals surface area contributed by atoms with Crippen LogP contribution >= 0.6 is 11.3 Å². The van der Waals surface area contributed by atoms with Gasteiger partial charge in [-0.25, -0.2) is 9.18 Å². The number of nitrogens with zero attached hydrogens (tertiary/aromatic N) is 1. The van der Waals surface area contributed by atoms with Crippen molar-refractivity contribution in [3.63, 3.8) is 0 Å². The molecule has 3 amide bonds. The molecule has 0 radical (unpaired) electrons. The number of aryl methyl sites for hydroxylation is 1. The summed E-state index contributed by atoms with van der Waals surface area (Å²) >= 11 is 1.34. The van der Waals surface area contributed by atoms with Gasteiger partial charge in [0.05, 0.1) is 11.4 Å². The Morgan fingerprint density at radius 2 is 1.72 bits per heavy atom. The minimum atomic E-state index is -0.941. The van der Waals surface area contributed by atoms with E-state index in [1.807, 2.05) is 36.6 Å². The Morgan fingerprint density at radius 3 is 2.41 bits per heavy atom. The Kier molecular flexibility index (Phi) is 7.69. The average molecular weight is 544 g/mol. The maximum atomic E-state index is 13.5. The molecule has 2 atom stereocenters. The molecule has 7 nitrogen and oxygen atoms in total. The molecule has 9 heteroatoms. The smallest absolute Gasteiger partial charge is 0.411 e. The molecule has 2 N–H and O–H groups in total. The summed E-state index contributed by atoms with van der Waals surface area (Å²) in [4.78, 5) is 41.0. The normalized spacial score (nSPS) is 16.6. The van der Waals surface area contributed by atoms with Crippen LogP contribution in [-0.2, 0) is 22.6 Å². The molecule has 39 heavy (non-hydrogen) atoms. The van der Waals surface area contributed by atoms with Crippen LogP contribution < -0.4 is 10.6 Å². The Bertz CT molecular complexity index is 1470. The van der Waals surface area contributed by atoms with Gasteiger partial charge < -0.3 is 15.4 Å². The quantitative estimate of drug-likeness (QED) is 0.293. The van der Waals surface area contributed by atoms with E-state index in [9.17, 15) is 18.8 Å². The molecule has 1 saturated heterocycles. The fourth-order valence-electron chi connectivity index (χ4n) is 4.43. The van der Waals surface area contributed by atoms with Gasteiger partial charge in [0, 0.05) is 12.2 Å². The Morgan fingerprint density at radius 1 is 0.974 bits per heavy atom. The third-order valence-corrected chi connectivity index (χ3v) is 7.45. The number of nitrogens with one attached hydrogen (secondary N) is 2. The predicted octanol–water partition coefficient (Wildman–Crippen LogP) is 5.83. The fourth-order valence-corrected chi connectivity index (χ4v) is 5.05. The minimum Gasteiger partial charge on any atom is -0.438 e. The maximum absolute atomic E-state index is 13.5. The molecule has 1 aliphatic rings. The van der Waals surface area contributed by atoms with Gasteiger partial charge in [0.25, 0.3) is 5.91 Å². The summed E-state index contributed by atoms with van der Waals surface area (Å²) in [6.07, 6.45) is -1.46.